The minimum atomic E-state index is -0.730. The van der Waals surface area contributed by atoms with Gasteiger partial charge in [-0.2, -0.15) is 0 Å². The lowest BCUT2D eigenvalue weighted by atomic mass is 9.95. The molecule has 1 saturated heterocycles. The Bertz CT molecular complexity index is 1190. The van der Waals surface area contributed by atoms with Crippen LogP contribution < -0.4 is 9.47 Å². The largest absolute Gasteiger partial charge is 0.507 e. The van der Waals surface area contributed by atoms with Gasteiger partial charge in [-0.3, -0.25) is 14.6 Å². The predicted octanol–water partition coefficient (Wildman–Crippen LogP) is 3.43. The second-order valence-corrected chi connectivity index (χ2v) is 7.27. The molecule has 0 aliphatic carbocycles. The third kappa shape index (κ3) is 3.30. The number of carbonyl (C=O) groups excluding carboxylic acids is 2. The normalized spacial score (nSPS) is 19.1. The number of hydrogen-bond donors (Lipinski definition) is 1. The molecule has 7 heteroatoms. The Morgan fingerprint density at radius 3 is 2.61 bits per heavy atom. The summed E-state index contributed by atoms with van der Waals surface area (Å²) >= 11 is 0. The smallest absolute Gasteiger partial charge is 0.295 e. The van der Waals surface area contributed by atoms with Crippen molar-refractivity contribution in [2.75, 3.05) is 6.79 Å². The molecule has 1 amide bonds. The Balaban J connectivity index is 1.63. The van der Waals surface area contributed by atoms with E-state index in [1.165, 1.54) is 4.90 Å². The SMILES string of the molecule is O=C1C(=O)N(Cc2cccnc2)C(c2ccccc2)/C1=C(/O)c1ccc2c(c1)OCO2. The lowest BCUT2D eigenvalue weighted by Crippen LogP contribution is -2.29. The monoisotopic (exact) mass is 414 g/mol. The number of aliphatic hydroxyl groups excluding tert-OH is 1. The van der Waals surface area contributed by atoms with Crippen molar-refractivity contribution in [1.29, 1.82) is 0 Å². The Labute approximate surface area is 178 Å². The van der Waals surface area contributed by atoms with Crippen LogP contribution >= 0.6 is 0 Å². The van der Waals surface area contributed by atoms with E-state index in [0.29, 0.717) is 17.1 Å². The van der Waals surface area contributed by atoms with E-state index in [4.69, 9.17) is 9.47 Å². The molecule has 1 unspecified atom stereocenters. The summed E-state index contributed by atoms with van der Waals surface area (Å²) < 4.78 is 10.7. The molecular formula is C24H18N2O5. The maximum atomic E-state index is 13.1. The van der Waals surface area contributed by atoms with Crippen LogP contribution in [0.5, 0.6) is 11.5 Å². The lowest BCUT2D eigenvalue weighted by molar-refractivity contribution is -0.140. The van der Waals surface area contributed by atoms with Crippen molar-refractivity contribution in [3.8, 4) is 11.5 Å². The van der Waals surface area contributed by atoms with Gasteiger partial charge in [-0.25, -0.2) is 0 Å². The molecule has 2 aliphatic heterocycles. The van der Waals surface area contributed by atoms with E-state index in [9.17, 15) is 14.7 Å². The van der Waals surface area contributed by atoms with Crippen LogP contribution in [0.2, 0.25) is 0 Å². The number of hydrogen-bond acceptors (Lipinski definition) is 6. The zero-order valence-electron chi connectivity index (χ0n) is 16.4. The molecule has 154 valence electrons. The molecule has 1 fully saturated rings. The zero-order valence-corrected chi connectivity index (χ0v) is 16.4. The molecule has 0 spiro atoms. The lowest BCUT2D eigenvalue weighted by Gasteiger charge is -2.25. The van der Waals surface area contributed by atoms with Crippen molar-refractivity contribution in [1.82, 2.24) is 9.88 Å². The van der Waals surface area contributed by atoms with Crippen molar-refractivity contribution in [3.05, 3.63) is 95.3 Å². The number of aromatic nitrogens is 1. The summed E-state index contributed by atoms with van der Waals surface area (Å²) in [4.78, 5) is 31.6. The van der Waals surface area contributed by atoms with Crippen LogP contribution in [0.4, 0.5) is 0 Å². The van der Waals surface area contributed by atoms with Crippen molar-refractivity contribution >= 4 is 17.4 Å². The molecule has 1 atom stereocenters. The zero-order chi connectivity index (χ0) is 21.4. The number of likely N-dealkylation sites (tertiary alicyclic amines) is 1. The van der Waals surface area contributed by atoms with Gasteiger partial charge in [-0.1, -0.05) is 36.4 Å². The summed E-state index contributed by atoms with van der Waals surface area (Å²) in [5, 5.41) is 11.1. The molecule has 5 rings (SSSR count). The maximum absolute atomic E-state index is 13.1. The Kier molecular flexibility index (Phi) is 4.63. The third-order valence-electron chi connectivity index (χ3n) is 5.38. The van der Waals surface area contributed by atoms with Crippen molar-refractivity contribution in [2.24, 2.45) is 0 Å². The van der Waals surface area contributed by atoms with Gasteiger partial charge in [-0.05, 0) is 35.4 Å². The van der Waals surface area contributed by atoms with E-state index in [0.717, 1.165) is 11.1 Å². The molecule has 0 bridgehead atoms. The standard InChI is InChI=1S/C24H18N2O5/c27-22(17-8-9-18-19(11-17)31-14-30-18)20-21(16-6-2-1-3-7-16)26(24(29)23(20)28)13-15-5-4-10-25-12-15/h1-12,21,27H,13-14H2/b22-20-. The summed E-state index contributed by atoms with van der Waals surface area (Å²) in [5.41, 5.74) is 1.93. The fourth-order valence-corrected chi connectivity index (χ4v) is 3.91. The third-order valence-corrected chi connectivity index (χ3v) is 5.38. The Hall–Kier alpha value is -4.13. The molecule has 0 saturated carbocycles. The van der Waals surface area contributed by atoms with Gasteiger partial charge in [-0.15, -0.1) is 0 Å². The molecule has 1 N–H and O–H groups in total. The van der Waals surface area contributed by atoms with Gasteiger partial charge < -0.3 is 19.5 Å². The highest BCUT2D eigenvalue weighted by molar-refractivity contribution is 6.46. The van der Waals surface area contributed by atoms with Crippen LogP contribution in [-0.4, -0.2) is 33.5 Å². The number of ketones is 1. The van der Waals surface area contributed by atoms with Gasteiger partial charge >= 0.3 is 0 Å². The molecule has 0 radical (unpaired) electrons. The number of benzene rings is 2. The minimum absolute atomic E-state index is 0.0407. The highest BCUT2D eigenvalue weighted by Gasteiger charge is 2.46. The van der Waals surface area contributed by atoms with E-state index < -0.39 is 17.7 Å². The first-order valence-electron chi connectivity index (χ1n) is 9.76. The number of fused-ring (bicyclic) bond motifs is 1. The van der Waals surface area contributed by atoms with Gasteiger partial charge in [0.05, 0.1) is 11.6 Å². The molecule has 1 aromatic heterocycles. The van der Waals surface area contributed by atoms with E-state index in [-0.39, 0.29) is 24.7 Å². The number of pyridine rings is 1. The summed E-state index contributed by atoms with van der Waals surface area (Å²) in [5.74, 6) is -0.606. The van der Waals surface area contributed by atoms with E-state index in [2.05, 4.69) is 4.98 Å². The van der Waals surface area contributed by atoms with Crippen molar-refractivity contribution in [2.45, 2.75) is 12.6 Å². The minimum Gasteiger partial charge on any atom is -0.507 e. The second kappa shape index (κ2) is 7.60. The average Bonchev–Trinajstić information content (AvgIpc) is 3.38. The number of aliphatic hydroxyl groups is 1. The maximum Gasteiger partial charge on any atom is 0.295 e. The second-order valence-electron chi connectivity index (χ2n) is 7.27. The van der Waals surface area contributed by atoms with Gasteiger partial charge in [0, 0.05) is 24.5 Å². The molecular weight excluding hydrogens is 396 g/mol. The molecule has 2 aromatic carbocycles. The highest BCUT2D eigenvalue weighted by atomic mass is 16.7. The first kappa shape index (κ1) is 18.9. The molecule has 3 aromatic rings. The van der Waals surface area contributed by atoms with Crippen LogP contribution in [-0.2, 0) is 16.1 Å². The van der Waals surface area contributed by atoms with E-state index in [1.807, 2.05) is 36.4 Å². The first-order valence-corrected chi connectivity index (χ1v) is 9.76. The van der Waals surface area contributed by atoms with Gasteiger partial charge in [0.1, 0.15) is 5.76 Å². The Morgan fingerprint density at radius 1 is 1.03 bits per heavy atom. The number of carbonyl (C=O) groups is 2. The topological polar surface area (TPSA) is 89.0 Å². The van der Waals surface area contributed by atoms with Crippen molar-refractivity contribution < 1.29 is 24.2 Å². The summed E-state index contributed by atoms with van der Waals surface area (Å²) in [7, 11) is 0. The van der Waals surface area contributed by atoms with Gasteiger partial charge in [0.2, 0.25) is 6.79 Å². The van der Waals surface area contributed by atoms with Crippen LogP contribution in [0.25, 0.3) is 5.76 Å². The average molecular weight is 414 g/mol. The Morgan fingerprint density at radius 2 is 1.84 bits per heavy atom. The molecule has 3 heterocycles. The van der Waals surface area contributed by atoms with E-state index >= 15 is 0 Å². The predicted molar refractivity (Wildman–Crippen MR) is 111 cm³/mol. The van der Waals surface area contributed by atoms with Crippen LogP contribution in [0.3, 0.4) is 0 Å². The number of ether oxygens (including phenoxy) is 2. The number of Topliss-reactive ketones (excluding diaryl/α,β-unsaturated/α-hetero) is 1. The number of nitrogens with zero attached hydrogens (tertiary/aromatic N) is 2. The summed E-state index contributed by atoms with van der Waals surface area (Å²) in [6.07, 6.45) is 3.30. The van der Waals surface area contributed by atoms with Crippen molar-refractivity contribution in [3.63, 3.8) is 0 Å². The van der Waals surface area contributed by atoms with E-state index in [1.54, 1.807) is 36.7 Å². The highest BCUT2D eigenvalue weighted by Crippen LogP contribution is 2.41. The fraction of sp³-hybridized carbons (Fsp3) is 0.125. The van der Waals surface area contributed by atoms with Crippen LogP contribution in [0, 0.1) is 0 Å². The van der Waals surface area contributed by atoms with Crippen LogP contribution in [0.1, 0.15) is 22.7 Å². The number of amides is 1. The number of rotatable bonds is 4. The van der Waals surface area contributed by atoms with Gasteiger partial charge in [0.15, 0.2) is 11.5 Å². The van der Waals surface area contributed by atoms with Gasteiger partial charge in [0.25, 0.3) is 11.7 Å². The quantitative estimate of drug-likeness (QED) is 0.400. The molecule has 7 nitrogen and oxygen atoms in total. The summed E-state index contributed by atoms with van der Waals surface area (Å²) in [6, 6.07) is 17.0. The molecule has 2 aliphatic rings. The fourth-order valence-electron chi connectivity index (χ4n) is 3.91. The first-order chi connectivity index (χ1) is 15.1. The summed E-state index contributed by atoms with van der Waals surface area (Å²) in [6.45, 7) is 0.287. The molecule has 31 heavy (non-hydrogen) atoms. The van der Waals surface area contributed by atoms with Crippen LogP contribution in [0.15, 0.2) is 78.6 Å².